The number of ketones is 1. The van der Waals surface area contributed by atoms with Crippen molar-refractivity contribution in [3.8, 4) is 0 Å². The van der Waals surface area contributed by atoms with Gasteiger partial charge in [0.1, 0.15) is 5.82 Å². The van der Waals surface area contributed by atoms with Gasteiger partial charge in [0.25, 0.3) is 0 Å². The van der Waals surface area contributed by atoms with E-state index in [9.17, 15) is 13.6 Å². The molecule has 3 aliphatic rings. The van der Waals surface area contributed by atoms with Crippen molar-refractivity contribution in [3.63, 3.8) is 0 Å². The summed E-state index contributed by atoms with van der Waals surface area (Å²) in [6.07, 6.45) is 3.61. The lowest BCUT2D eigenvalue weighted by atomic mass is 9.96. The summed E-state index contributed by atoms with van der Waals surface area (Å²) >= 11 is 3.02. The van der Waals surface area contributed by atoms with Gasteiger partial charge < -0.3 is 0 Å². The molecule has 0 amide bonds. The molecule has 4 heteroatoms. The fourth-order valence-electron chi connectivity index (χ4n) is 4.60. The molecular formula is C15H13BrF2O. The molecule has 0 aromatic heterocycles. The minimum Gasteiger partial charge on any atom is -0.294 e. The van der Waals surface area contributed by atoms with E-state index in [4.69, 9.17) is 0 Å². The van der Waals surface area contributed by atoms with Crippen molar-refractivity contribution in [1.29, 1.82) is 0 Å². The third-order valence-corrected chi connectivity index (χ3v) is 5.94. The van der Waals surface area contributed by atoms with Gasteiger partial charge in [-0.15, -0.1) is 0 Å². The Kier molecular flexibility index (Phi) is 2.45. The van der Waals surface area contributed by atoms with Crippen molar-refractivity contribution < 1.29 is 13.6 Å². The predicted octanol–water partition coefficient (Wildman–Crippen LogP) is 4.20. The summed E-state index contributed by atoms with van der Waals surface area (Å²) in [5.74, 6) is 0.148. The van der Waals surface area contributed by atoms with Crippen molar-refractivity contribution in [3.05, 3.63) is 33.8 Å². The van der Waals surface area contributed by atoms with Gasteiger partial charge in [-0.2, -0.15) is 0 Å². The highest BCUT2D eigenvalue weighted by atomic mass is 79.9. The van der Waals surface area contributed by atoms with Gasteiger partial charge in [0.15, 0.2) is 11.6 Å². The molecule has 0 spiro atoms. The van der Waals surface area contributed by atoms with Crippen LogP contribution in [0.4, 0.5) is 8.78 Å². The number of hydrogen-bond donors (Lipinski definition) is 0. The molecule has 3 saturated carbocycles. The lowest BCUT2D eigenvalue weighted by Gasteiger charge is -2.10. The van der Waals surface area contributed by atoms with Gasteiger partial charge in [-0.1, -0.05) is 0 Å². The van der Waals surface area contributed by atoms with Crippen LogP contribution in [0, 0.1) is 41.2 Å². The number of carbonyl (C=O) groups excluding carboxylic acids is 1. The minimum atomic E-state index is -0.748. The van der Waals surface area contributed by atoms with E-state index < -0.39 is 11.6 Å². The van der Waals surface area contributed by atoms with Crippen LogP contribution in [0.2, 0.25) is 0 Å². The largest absolute Gasteiger partial charge is 0.294 e. The predicted molar refractivity (Wildman–Crippen MR) is 69.7 cm³/mol. The molecule has 0 radical (unpaired) electrons. The molecular weight excluding hydrogens is 314 g/mol. The Labute approximate surface area is 118 Å². The quantitative estimate of drug-likeness (QED) is 0.588. The maximum atomic E-state index is 14.0. The van der Waals surface area contributed by atoms with Gasteiger partial charge >= 0.3 is 0 Å². The number of Topliss-reactive ketones (excluding diaryl/α,β-unsaturated/α-hetero) is 1. The fraction of sp³-hybridized carbons (Fsp3) is 0.533. The van der Waals surface area contributed by atoms with E-state index in [0.29, 0.717) is 23.7 Å². The second-order valence-electron chi connectivity index (χ2n) is 6.10. The summed E-state index contributed by atoms with van der Waals surface area (Å²) in [4.78, 5) is 12.4. The molecule has 4 atom stereocenters. The van der Waals surface area contributed by atoms with E-state index in [1.807, 2.05) is 0 Å². The SMILES string of the molecule is O=C(c1c(F)ccc(Br)c1F)C1C2C3CCC(C3)C12. The van der Waals surface area contributed by atoms with Crippen molar-refractivity contribution in [2.45, 2.75) is 19.3 Å². The summed E-state index contributed by atoms with van der Waals surface area (Å²) in [5.41, 5.74) is -0.340. The first-order chi connectivity index (χ1) is 9.09. The number of carbonyl (C=O) groups is 1. The van der Waals surface area contributed by atoms with E-state index >= 15 is 0 Å². The molecule has 19 heavy (non-hydrogen) atoms. The van der Waals surface area contributed by atoms with Gasteiger partial charge in [-0.05, 0) is 71.0 Å². The van der Waals surface area contributed by atoms with E-state index in [0.717, 1.165) is 6.07 Å². The Hall–Kier alpha value is -0.770. The molecule has 1 aromatic carbocycles. The topological polar surface area (TPSA) is 17.1 Å². The Bertz CT molecular complexity index is 570. The second kappa shape index (κ2) is 3.87. The molecule has 4 unspecified atom stereocenters. The first kappa shape index (κ1) is 12.0. The van der Waals surface area contributed by atoms with Crippen molar-refractivity contribution in [1.82, 2.24) is 0 Å². The van der Waals surface area contributed by atoms with Gasteiger partial charge in [-0.25, -0.2) is 8.78 Å². The zero-order valence-electron chi connectivity index (χ0n) is 10.2. The molecule has 3 fully saturated rings. The molecule has 0 N–H and O–H groups in total. The van der Waals surface area contributed by atoms with Crippen LogP contribution in [0.15, 0.2) is 16.6 Å². The maximum absolute atomic E-state index is 14.0. The molecule has 0 heterocycles. The highest BCUT2D eigenvalue weighted by molar-refractivity contribution is 9.10. The number of halogens is 3. The highest BCUT2D eigenvalue weighted by Gasteiger charge is 2.67. The van der Waals surface area contributed by atoms with Crippen molar-refractivity contribution in [2.75, 3.05) is 0 Å². The third-order valence-electron chi connectivity index (χ3n) is 5.33. The molecule has 2 bridgehead atoms. The first-order valence-electron chi connectivity index (χ1n) is 6.77. The van der Waals surface area contributed by atoms with Crippen molar-refractivity contribution >= 4 is 21.7 Å². The lowest BCUT2D eigenvalue weighted by Crippen LogP contribution is -2.14. The smallest absolute Gasteiger partial charge is 0.172 e. The Morgan fingerprint density at radius 2 is 1.79 bits per heavy atom. The van der Waals surface area contributed by atoms with Gasteiger partial charge in [-0.3, -0.25) is 4.79 Å². The number of rotatable bonds is 2. The van der Waals surface area contributed by atoms with Crippen LogP contribution in [0.3, 0.4) is 0 Å². The molecule has 0 saturated heterocycles. The normalized spacial score (nSPS) is 38.4. The molecule has 100 valence electrons. The summed E-state index contributed by atoms with van der Waals surface area (Å²) in [5, 5.41) is 0. The molecule has 1 aromatic rings. The minimum absolute atomic E-state index is 0.121. The van der Waals surface area contributed by atoms with Crippen LogP contribution in [-0.2, 0) is 0 Å². The molecule has 0 aliphatic heterocycles. The van der Waals surface area contributed by atoms with Crippen LogP contribution in [0.1, 0.15) is 29.6 Å². The second-order valence-corrected chi connectivity index (χ2v) is 6.95. The van der Waals surface area contributed by atoms with Gasteiger partial charge in [0, 0.05) is 5.92 Å². The van der Waals surface area contributed by atoms with E-state index in [-0.39, 0.29) is 21.7 Å². The van der Waals surface area contributed by atoms with Crippen LogP contribution < -0.4 is 0 Å². The van der Waals surface area contributed by atoms with Crippen LogP contribution in [0.25, 0.3) is 0 Å². The number of hydrogen-bond acceptors (Lipinski definition) is 1. The molecule has 1 nitrogen and oxygen atoms in total. The van der Waals surface area contributed by atoms with Crippen molar-refractivity contribution in [2.24, 2.45) is 29.6 Å². The third kappa shape index (κ3) is 1.52. The van der Waals surface area contributed by atoms with Gasteiger partial charge in [0.2, 0.25) is 0 Å². The highest BCUT2D eigenvalue weighted by Crippen LogP contribution is 2.70. The van der Waals surface area contributed by atoms with E-state index in [2.05, 4.69) is 15.9 Å². The number of benzene rings is 1. The maximum Gasteiger partial charge on any atom is 0.172 e. The van der Waals surface area contributed by atoms with Crippen LogP contribution in [-0.4, -0.2) is 5.78 Å². The van der Waals surface area contributed by atoms with E-state index in [1.165, 1.54) is 25.3 Å². The summed E-state index contributed by atoms with van der Waals surface area (Å²) in [6, 6.07) is 2.46. The zero-order chi connectivity index (χ0) is 13.3. The van der Waals surface area contributed by atoms with Gasteiger partial charge in [0.05, 0.1) is 10.0 Å². The zero-order valence-corrected chi connectivity index (χ0v) is 11.8. The van der Waals surface area contributed by atoms with Crippen LogP contribution >= 0.6 is 15.9 Å². The Morgan fingerprint density at radius 1 is 1.16 bits per heavy atom. The lowest BCUT2D eigenvalue weighted by molar-refractivity contribution is 0.0936. The summed E-state index contributed by atoms with van der Waals surface area (Å²) in [6.45, 7) is 0. The average Bonchev–Trinajstić information content (AvgIpc) is 2.83. The Balaban J connectivity index is 1.68. The fourth-order valence-corrected chi connectivity index (χ4v) is 4.93. The summed E-state index contributed by atoms with van der Waals surface area (Å²) < 4.78 is 27.9. The first-order valence-corrected chi connectivity index (χ1v) is 7.56. The molecule has 3 aliphatic carbocycles. The monoisotopic (exact) mass is 326 g/mol. The Morgan fingerprint density at radius 3 is 2.42 bits per heavy atom. The van der Waals surface area contributed by atoms with E-state index in [1.54, 1.807) is 0 Å². The van der Waals surface area contributed by atoms with Crippen LogP contribution in [0.5, 0.6) is 0 Å². The number of fused-ring (bicyclic) bond motifs is 5. The molecule has 4 rings (SSSR count). The average molecular weight is 327 g/mol. The standard InChI is InChI=1S/C15H13BrF2O/c16-8-3-4-9(17)12(14(8)18)15(19)13-10-6-1-2-7(5-6)11(10)13/h3-4,6-7,10-11,13H,1-2,5H2. The summed E-state index contributed by atoms with van der Waals surface area (Å²) in [7, 11) is 0.